The normalized spacial score (nSPS) is 16.7. The van der Waals surface area contributed by atoms with Gasteiger partial charge in [-0.3, -0.25) is 9.69 Å². The number of benzene rings is 1. The molecule has 1 saturated heterocycles. The number of carboxylic acid groups (broad SMARTS) is 1. The lowest BCUT2D eigenvalue weighted by molar-refractivity contribution is -0.122. The largest absolute Gasteiger partial charge is 0.483 e. The predicted octanol–water partition coefficient (Wildman–Crippen LogP) is 3.96. The molecule has 1 aliphatic rings. The lowest BCUT2D eigenvalue weighted by Crippen LogP contribution is -2.48. The number of hydrogen-bond acceptors (Lipinski definition) is 5. The standard InChI is InChI=1S/C18H23N3OS2.CH2O2/c1-23-16-7-2-5-14(11-16)19-18(22)20-15-6-3-9-21(12-15)13-17-8-4-10-24-17;2-1-3/h2,4-5,7-8,10-11,15H,3,6,9,12-13H2,1H3,(H2,19,20,22);1H,(H,2,3). The van der Waals surface area contributed by atoms with E-state index in [4.69, 9.17) is 9.90 Å². The number of piperidine rings is 1. The molecule has 0 radical (unpaired) electrons. The molecule has 1 aliphatic heterocycles. The van der Waals surface area contributed by atoms with E-state index in [9.17, 15) is 4.79 Å². The highest BCUT2D eigenvalue weighted by atomic mass is 32.2. The van der Waals surface area contributed by atoms with Gasteiger partial charge in [-0.1, -0.05) is 12.1 Å². The highest BCUT2D eigenvalue weighted by Gasteiger charge is 2.21. The summed E-state index contributed by atoms with van der Waals surface area (Å²) in [5.41, 5.74) is 0.839. The lowest BCUT2D eigenvalue weighted by atomic mass is 10.1. The minimum absolute atomic E-state index is 0.115. The average molecular weight is 408 g/mol. The average Bonchev–Trinajstić information content (AvgIpc) is 3.16. The Morgan fingerprint density at radius 1 is 1.41 bits per heavy atom. The van der Waals surface area contributed by atoms with Crippen LogP contribution in [0.5, 0.6) is 0 Å². The number of thiophene rings is 1. The first-order valence-corrected chi connectivity index (χ1v) is 10.8. The topological polar surface area (TPSA) is 81.7 Å². The van der Waals surface area contributed by atoms with Crippen LogP contribution in [0.3, 0.4) is 0 Å². The molecule has 1 atom stereocenters. The van der Waals surface area contributed by atoms with Crippen LogP contribution in [0.25, 0.3) is 0 Å². The van der Waals surface area contributed by atoms with Crippen molar-refractivity contribution >= 4 is 41.3 Å². The second-order valence-electron chi connectivity index (χ2n) is 6.09. The lowest BCUT2D eigenvalue weighted by Gasteiger charge is -2.32. The number of hydrogen-bond donors (Lipinski definition) is 3. The van der Waals surface area contributed by atoms with Gasteiger partial charge in [0.2, 0.25) is 0 Å². The number of amides is 2. The van der Waals surface area contributed by atoms with E-state index in [0.717, 1.165) is 43.1 Å². The molecule has 0 aliphatic carbocycles. The third kappa shape index (κ3) is 7.62. The molecule has 1 aromatic carbocycles. The molecule has 0 saturated carbocycles. The molecular weight excluding hydrogens is 382 g/mol. The summed E-state index contributed by atoms with van der Waals surface area (Å²) in [6, 6.07) is 12.3. The van der Waals surface area contributed by atoms with Crippen LogP contribution in [0.2, 0.25) is 0 Å². The van der Waals surface area contributed by atoms with Gasteiger partial charge in [-0.2, -0.15) is 0 Å². The van der Waals surface area contributed by atoms with Gasteiger partial charge in [-0.25, -0.2) is 4.79 Å². The number of nitrogens with one attached hydrogen (secondary N) is 2. The quantitative estimate of drug-likeness (QED) is 0.516. The number of likely N-dealkylation sites (tertiary alicyclic amines) is 1. The van der Waals surface area contributed by atoms with Gasteiger partial charge in [0.15, 0.2) is 0 Å². The molecule has 2 amide bonds. The van der Waals surface area contributed by atoms with E-state index >= 15 is 0 Å². The number of anilines is 1. The molecule has 0 spiro atoms. The van der Waals surface area contributed by atoms with Gasteiger partial charge in [-0.15, -0.1) is 23.1 Å². The van der Waals surface area contributed by atoms with Crippen LogP contribution in [0, 0.1) is 0 Å². The van der Waals surface area contributed by atoms with Crippen molar-refractivity contribution in [1.82, 2.24) is 10.2 Å². The predicted molar refractivity (Wildman–Crippen MR) is 112 cm³/mol. The molecule has 27 heavy (non-hydrogen) atoms. The summed E-state index contributed by atoms with van der Waals surface area (Å²) in [5.74, 6) is 0. The molecule has 3 N–H and O–H groups in total. The first-order valence-electron chi connectivity index (χ1n) is 8.68. The number of carbonyl (C=O) groups excluding carboxylic acids is 1. The minimum atomic E-state index is -0.250. The van der Waals surface area contributed by atoms with Crippen molar-refractivity contribution in [2.75, 3.05) is 24.7 Å². The molecule has 0 bridgehead atoms. The van der Waals surface area contributed by atoms with Gasteiger partial charge < -0.3 is 15.7 Å². The number of carbonyl (C=O) groups is 2. The first kappa shape index (κ1) is 21.3. The second kappa shape index (κ2) is 11.6. The van der Waals surface area contributed by atoms with Gasteiger partial charge in [0.25, 0.3) is 6.47 Å². The zero-order chi connectivity index (χ0) is 19.5. The maximum absolute atomic E-state index is 12.3. The molecule has 6 nitrogen and oxygen atoms in total. The fraction of sp³-hybridized carbons (Fsp3) is 0.368. The summed E-state index contributed by atoms with van der Waals surface area (Å²) in [4.78, 5) is 25.6. The Balaban J connectivity index is 0.000000817. The molecule has 1 aromatic heterocycles. The summed E-state index contributed by atoms with van der Waals surface area (Å²) < 4.78 is 0. The van der Waals surface area contributed by atoms with E-state index in [2.05, 4.69) is 33.0 Å². The van der Waals surface area contributed by atoms with Crippen LogP contribution in [0.15, 0.2) is 46.7 Å². The van der Waals surface area contributed by atoms with Gasteiger partial charge >= 0.3 is 6.03 Å². The summed E-state index contributed by atoms with van der Waals surface area (Å²) in [6.07, 6.45) is 4.20. The number of urea groups is 1. The Morgan fingerprint density at radius 2 is 2.22 bits per heavy atom. The van der Waals surface area contributed by atoms with E-state index in [1.165, 1.54) is 4.88 Å². The van der Waals surface area contributed by atoms with E-state index in [1.54, 1.807) is 23.1 Å². The van der Waals surface area contributed by atoms with Crippen LogP contribution >= 0.6 is 23.1 Å². The van der Waals surface area contributed by atoms with Crippen molar-refractivity contribution < 1.29 is 14.7 Å². The maximum Gasteiger partial charge on any atom is 0.319 e. The van der Waals surface area contributed by atoms with Crippen LogP contribution in [-0.2, 0) is 11.3 Å². The molecular formula is C19H25N3O3S2. The fourth-order valence-electron chi connectivity index (χ4n) is 2.99. The van der Waals surface area contributed by atoms with Gasteiger partial charge in [0.05, 0.1) is 0 Å². The van der Waals surface area contributed by atoms with Crippen molar-refractivity contribution in [3.05, 3.63) is 46.7 Å². The van der Waals surface area contributed by atoms with Crippen molar-refractivity contribution in [3.63, 3.8) is 0 Å². The van der Waals surface area contributed by atoms with Crippen molar-refractivity contribution in [3.8, 4) is 0 Å². The molecule has 8 heteroatoms. The van der Waals surface area contributed by atoms with Gasteiger partial charge in [0.1, 0.15) is 0 Å². The summed E-state index contributed by atoms with van der Waals surface area (Å²) in [7, 11) is 0. The molecule has 1 fully saturated rings. The van der Waals surface area contributed by atoms with Gasteiger partial charge in [-0.05, 0) is 55.3 Å². The van der Waals surface area contributed by atoms with Crippen LogP contribution in [0.1, 0.15) is 17.7 Å². The van der Waals surface area contributed by atoms with E-state index in [1.807, 2.05) is 30.5 Å². The molecule has 1 unspecified atom stereocenters. The maximum atomic E-state index is 12.3. The first-order chi connectivity index (χ1) is 13.1. The van der Waals surface area contributed by atoms with Crippen LogP contribution in [-0.4, -0.2) is 47.9 Å². The third-order valence-corrected chi connectivity index (χ3v) is 5.71. The van der Waals surface area contributed by atoms with Crippen LogP contribution < -0.4 is 10.6 Å². The summed E-state index contributed by atoms with van der Waals surface area (Å²) in [6.45, 7) is 2.75. The van der Waals surface area contributed by atoms with E-state index in [0.29, 0.717) is 0 Å². The Bertz CT molecular complexity index is 710. The van der Waals surface area contributed by atoms with E-state index < -0.39 is 0 Å². The highest BCUT2D eigenvalue weighted by Crippen LogP contribution is 2.19. The number of thioether (sulfide) groups is 1. The van der Waals surface area contributed by atoms with Crippen molar-refractivity contribution in [2.45, 2.75) is 30.3 Å². The second-order valence-corrected chi connectivity index (χ2v) is 8.00. The Morgan fingerprint density at radius 3 is 2.93 bits per heavy atom. The zero-order valence-electron chi connectivity index (χ0n) is 15.3. The summed E-state index contributed by atoms with van der Waals surface area (Å²) >= 11 is 3.46. The van der Waals surface area contributed by atoms with Crippen molar-refractivity contribution in [1.29, 1.82) is 0 Å². The van der Waals surface area contributed by atoms with Crippen molar-refractivity contribution in [2.24, 2.45) is 0 Å². The molecule has 2 heterocycles. The highest BCUT2D eigenvalue weighted by molar-refractivity contribution is 7.98. The molecule has 3 rings (SSSR count). The SMILES string of the molecule is CSc1cccc(NC(=O)NC2CCCN(Cc3cccs3)C2)c1.O=CO. The minimum Gasteiger partial charge on any atom is -0.483 e. The fourth-order valence-corrected chi connectivity index (χ4v) is 4.20. The number of nitrogens with zero attached hydrogens (tertiary/aromatic N) is 1. The number of rotatable bonds is 5. The van der Waals surface area contributed by atoms with Crippen LogP contribution in [0.4, 0.5) is 10.5 Å². The zero-order valence-corrected chi connectivity index (χ0v) is 16.9. The molecule has 2 aromatic rings. The Hall–Kier alpha value is -2.03. The Kier molecular flexibility index (Phi) is 9.17. The molecule has 146 valence electrons. The van der Waals surface area contributed by atoms with E-state index in [-0.39, 0.29) is 18.5 Å². The summed E-state index contributed by atoms with van der Waals surface area (Å²) in [5, 5.41) is 15.1. The smallest absolute Gasteiger partial charge is 0.319 e. The van der Waals surface area contributed by atoms with Gasteiger partial charge in [0, 0.05) is 34.6 Å². The third-order valence-electron chi connectivity index (χ3n) is 4.13. The monoisotopic (exact) mass is 407 g/mol. The Labute approximate surface area is 168 Å².